The molecule has 10 heteroatoms. The van der Waals surface area contributed by atoms with Gasteiger partial charge in [0, 0.05) is 12.1 Å². The molecule has 0 aliphatic rings. The molecule has 1 N–H and O–H groups in total. The molecule has 1 aromatic heterocycles. The van der Waals surface area contributed by atoms with Gasteiger partial charge in [0.2, 0.25) is 0 Å². The fourth-order valence-electron chi connectivity index (χ4n) is 2.03. The summed E-state index contributed by atoms with van der Waals surface area (Å²) in [5.41, 5.74) is 3.34. The lowest BCUT2D eigenvalue weighted by Crippen LogP contribution is -2.10. The molecule has 3 rings (SSSR count). The first-order valence-corrected chi connectivity index (χ1v) is 7.84. The van der Waals surface area contributed by atoms with E-state index >= 15 is 0 Å². The van der Waals surface area contributed by atoms with E-state index in [9.17, 15) is 19.7 Å². The van der Waals surface area contributed by atoms with Gasteiger partial charge in [0.25, 0.3) is 5.69 Å². The smallest absolute Gasteiger partial charge is 0.362 e. The summed E-state index contributed by atoms with van der Waals surface area (Å²) in [5.74, 6) is -1.23. The van der Waals surface area contributed by atoms with Gasteiger partial charge in [0.1, 0.15) is 0 Å². The fourth-order valence-corrected chi connectivity index (χ4v) is 2.03. The summed E-state index contributed by atoms with van der Waals surface area (Å²) in [6, 6.07) is 14.3. The van der Waals surface area contributed by atoms with Crippen molar-refractivity contribution in [1.29, 1.82) is 0 Å². The third kappa shape index (κ3) is 4.64. The van der Waals surface area contributed by atoms with Crippen LogP contribution in [0.25, 0.3) is 0 Å². The van der Waals surface area contributed by atoms with Gasteiger partial charge < -0.3 is 9.25 Å². The zero-order chi connectivity index (χ0) is 19.9. The summed E-state index contributed by atoms with van der Waals surface area (Å²) < 4.78 is 4.92. The second-order valence-electron chi connectivity index (χ2n) is 5.32. The largest absolute Gasteiger partial charge is 0.459 e. The molecule has 1 amide bonds. The van der Waals surface area contributed by atoms with E-state index in [1.807, 2.05) is 0 Å². The van der Waals surface area contributed by atoms with E-state index in [1.165, 1.54) is 36.6 Å². The van der Waals surface area contributed by atoms with Crippen molar-refractivity contribution in [3.05, 3.63) is 88.4 Å². The van der Waals surface area contributed by atoms with Gasteiger partial charge in [-0.15, -0.1) is 10.2 Å². The summed E-state index contributed by atoms with van der Waals surface area (Å²) >= 11 is 0. The number of anilines is 1. The number of nitro groups is 1. The Hall–Kier alpha value is -4.34. The van der Waals surface area contributed by atoms with Crippen LogP contribution in [0.5, 0.6) is 0 Å². The second kappa shape index (κ2) is 8.36. The van der Waals surface area contributed by atoms with Crippen LogP contribution in [0.1, 0.15) is 20.9 Å². The van der Waals surface area contributed by atoms with Crippen LogP contribution in [0.4, 0.5) is 17.1 Å². The molecule has 0 atom stereocenters. The highest BCUT2D eigenvalue weighted by Crippen LogP contribution is 2.18. The van der Waals surface area contributed by atoms with Crippen molar-refractivity contribution < 1.29 is 23.8 Å². The van der Waals surface area contributed by atoms with Crippen molar-refractivity contribution in [2.45, 2.75) is 0 Å². The molecule has 0 fully saturated rings. The number of nitrogens with zero attached hydrogens (tertiary/aromatic N) is 3. The van der Waals surface area contributed by atoms with Crippen molar-refractivity contribution >= 4 is 28.9 Å². The van der Waals surface area contributed by atoms with Crippen molar-refractivity contribution in [1.82, 2.24) is 0 Å². The van der Waals surface area contributed by atoms with E-state index in [0.29, 0.717) is 11.4 Å². The van der Waals surface area contributed by atoms with Crippen LogP contribution in [-0.4, -0.2) is 16.8 Å². The number of non-ortho nitro benzene ring substituents is 1. The Morgan fingerprint density at radius 2 is 1.75 bits per heavy atom. The maximum absolute atomic E-state index is 11.9. The lowest BCUT2D eigenvalue weighted by atomic mass is 10.2. The average molecular weight is 380 g/mol. The molecule has 2 aromatic carbocycles. The number of benzene rings is 2. The zero-order valence-electron chi connectivity index (χ0n) is 14.1. The molecule has 0 bridgehead atoms. The maximum Gasteiger partial charge on any atom is 0.362 e. The Morgan fingerprint density at radius 1 is 1.04 bits per heavy atom. The molecular weight excluding hydrogens is 368 g/mol. The van der Waals surface area contributed by atoms with Crippen LogP contribution in [0.2, 0.25) is 0 Å². The van der Waals surface area contributed by atoms with Gasteiger partial charge in [0.15, 0.2) is 5.76 Å². The molecule has 0 radical (unpaired) electrons. The third-order valence-corrected chi connectivity index (χ3v) is 3.43. The number of azo groups is 1. The molecular formula is C18H12N4O6. The summed E-state index contributed by atoms with van der Waals surface area (Å²) in [5, 5.41) is 17.9. The number of carbonyl (C=O) groups excluding carboxylic acids is 2. The number of rotatable bonds is 6. The van der Waals surface area contributed by atoms with Crippen molar-refractivity contribution in [2.75, 3.05) is 5.48 Å². The molecule has 0 aliphatic carbocycles. The second-order valence-corrected chi connectivity index (χ2v) is 5.32. The van der Waals surface area contributed by atoms with Crippen LogP contribution in [0, 0.1) is 10.1 Å². The summed E-state index contributed by atoms with van der Waals surface area (Å²) in [6.45, 7) is 0. The monoisotopic (exact) mass is 380 g/mol. The van der Waals surface area contributed by atoms with Gasteiger partial charge in [-0.2, -0.15) is 0 Å². The molecule has 1 heterocycles. The van der Waals surface area contributed by atoms with E-state index in [-0.39, 0.29) is 17.0 Å². The number of hydrogen-bond acceptors (Lipinski definition) is 8. The van der Waals surface area contributed by atoms with Crippen molar-refractivity contribution in [3.63, 3.8) is 0 Å². The van der Waals surface area contributed by atoms with Gasteiger partial charge in [-0.1, -0.05) is 0 Å². The fraction of sp³-hybridized carbons (Fsp3) is 0. The van der Waals surface area contributed by atoms with Gasteiger partial charge in [0.05, 0.1) is 28.1 Å². The molecule has 3 aromatic rings. The molecule has 0 unspecified atom stereocenters. The van der Waals surface area contributed by atoms with Crippen molar-refractivity contribution in [3.8, 4) is 0 Å². The number of nitro benzene ring substituents is 1. The van der Waals surface area contributed by atoms with Crippen LogP contribution >= 0.6 is 0 Å². The normalized spacial score (nSPS) is 10.6. The Balaban J connectivity index is 1.54. The first kappa shape index (κ1) is 18.5. The summed E-state index contributed by atoms with van der Waals surface area (Å²) in [7, 11) is 0. The van der Waals surface area contributed by atoms with Crippen LogP contribution in [0.15, 0.2) is 81.6 Å². The molecule has 140 valence electrons. The van der Waals surface area contributed by atoms with Crippen LogP contribution < -0.4 is 5.48 Å². The van der Waals surface area contributed by atoms with E-state index in [2.05, 4.69) is 15.7 Å². The van der Waals surface area contributed by atoms with Gasteiger partial charge in [-0.3, -0.25) is 14.9 Å². The van der Waals surface area contributed by atoms with Gasteiger partial charge in [-0.05, 0) is 48.5 Å². The highest BCUT2D eigenvalue weighted by molar-refractivity contribution is 5.92. The van der Waals surface area contributed by atoms with Crippen LogP contribution in [-0.2, 0) is 4.84 Å². The third-order valence-electron chi connectivity index (χ3n) is 3.43. The Bertz CT molecular complexity index is 1010. The number of carbonyl (C=O) groups is 2. The number of amides is 1. The minimum Gasteiger partial charge on any atom is -0.459 e. The number of furan rings is 1. The van der Waals surface area contributed by atoms with E-state index in [1.54, 1.807) is 30.3 Å². The maximum atomic E-state index is 11.9. The zero-order valence-corrected chi connectivity index (χ0v) is 14.1. The van der Waals surface area contributed by atoms with Gasteiger partial charge in [-0.25, -0.2) is 10.3 Å². The predicted octanol–water partition coefficient (Wildman–Crippen LogP) is 4.30. The standard InChI is InChI=1S/C18H12N4O6/c23-17(16-2-1-11-27-16)20-19-13-5-7-14(8-6-13)21-28-18(24)12-3-9-15(10-4-12)22(25)26/h1-11,21H. The lowest BCUT2D eigenvalue weighted by molar-refractivity contribution is -0.384. The summed E-state index contributed by atoms with van der Waals surface area (Å²) in [6.07, 6.45) is 1.36. The quantitative estimate of drug-likeness (QED) is 0.382. The summed E-state index contributed by atoms with van der Waals surface area (Å²) in [4.78, 5) is 38.5. The van der Waals surface area contributed by atoms with Crippen LogP contribution in [0.3, 0.4) is 0 Å². The molecule has 0 spiro atoms. The molecule has 0 aliphatic heterocycles. The number of hydrogen-bond donors (Lipinski definition) is 1. The minimum atomic E-state index is -0.706. The molecule has 0 saturated carbocycles. The van der Waals surface area contributed by atoms with Gasteiger partial charge >= 0.3 is 11.9 Å². The number of nitrogens with one attached hydrogen (secondary N) is 1. The van der Waals surface area contributed by atoms with Crippen molar-refractivity contribution in [2.24, 2.45) is 10.2 Å². The minimum absolute atomic E-state index is 0.0835. The average Bonchev–Trinajstić information content (AvgIpc) is 3.26. The molecule has 0 saturated heterocycles. The first-order chi connectivity index (χ1) is 13.5. The Labute approximate surface area is 157 Å². The Morgan fingerprint density at radius 3 is 2.36 bits per heavy atom. The van der Waals surface area contributed by atoms with E-state index in [0.717, 1.165) is 0 Å². The highest BCUT2D eigenvalue weighted by Gasteiger charge is 2.11. The molecule has 10 nitrogen and oxygen atoms in total. The molecule has 28 heavy (non-hydrogen) atoms. The lowest BCUT2D eigenvalue weighted by Gasteiger charge is -2.06. The first-order valence-electron chi connectivity index (χ1n) is 7.84. The Kier molecular flexibility index (Phi) is 5.51. The SMILES string of the molecule is O=C(ONc1ccc(N=NC(=O)c2ccco2)cc1)c1ccc([N+](=O)[O-])cc1. The predicted molar refractivity (Wildman–Crippen MR) is 96.1 cm³/mol. The van der Waals surface area contributed by atoms with E-state index in [4.69, 9.17) is 9.25 Å². The highest BCUT2D eigenvalue weighted by atomic mass is 16.7. The topological polar surface area (TPSA) is 136 Å². The van der Waals surface area contributed by atoms with E-state index < -0.39 is 16.8 Å².